The Bertz CT molecular complexity index is 106. The van der Waals surface area contributed by atoms with Crippen LogP contribution >= 0.6 is 0 Å². The average Bonchev–Trinajstić information content (AvgIpc) is 1.89. The predicted octanol–water partition coefficient (Wildman–Crippen LogP) is -0.731. The standard InChI is InChI=1S/C6H14N2O2/c1-7-4-3-5(8-2)6(9)10/h5,7-8H,3-4H2,1-2H3,(H,9,10)/t5-/m1/s1. The van der Waals surface area contributed by atoms with Gasteiger partial charge >= 0.3 is 5.97 Å². The Balaban J connectivity index is 3.50. The van der Waals surface area contributed by atoms with Crippen LogP contribution in [0.5, 0.6) is 0 Å². The van der Waals surface area contributed by atoms with E-state index < -0.39 is 12.0 Å². The molecule has 0 rings (SSSR count). The lowest BCUT2D eigenvalue weighted by Gasteiger charge is -2.09. The van der Waals surface area contributed by atoms with E-state index in [1.807, 2.05) is 0 Å². The highest BCUT2D eigenvalue weighted by molar-refractivity contribution is 5.73. The van der Waals surface area contributed by atoms with Crippen LogP contribution in [0.3, 0.4) is 0 Å². The summed E-state index contributed by atoms with van der Waals surface area (Å²) in [6.45, 7) is 0.720. The summed E-state index contributed by atoms with van der Waals surface area (Å²) in [6.07, 6.45) is 0.613. The molecule has 0 radical (unpaired) electrons. The minimum atomic E-state index is -0.794. The van der Waals surface area contributed by atoms with Crippen molar-refractivity contribution in [3.63, 3.8) is 0 Å². The number of carboxylic acid groups (broad SMARTS) is 1. The highest BCUT2D eigenvalue weighted by Crippen LogP contribution is 1.88. The van der Waals surface area contributed by atoms with Gasteiger partial charge in [0, 0.05) is 0 Å². The Kier molecular flexibility index (Phi) is 4.88. The predicted molar refractivity (Wildman–Crippen MR) is 39.0 cm³/mol. The minimum Gasteiger partial charge on any atom is -0.480 e. The molecule has 0 saturated carbocycles. The molecule has 0 bridgehead atoms. The quantitative estimate of drug-likeness (QED) is 0.478. The SMILES string of the molecule is CNCC[C@@H](NC)C(=O)O. The number of hydrogen-bond acceptors (Lipinski definition) is 3. The van der Waals surface area contributed by atoms with Crippen molar-refractivity contribution in [3.8, 4) is 0 Å². The van der Waals surface area contributed by atoms with Gasteiger partial charge in [0.2, 0.25) is 0 Å². The van der Waals surface area contributed by atoms with E-state index in [1.54, 1.807) is 14.1 Å². The molecule has 0 spiro atoms. The normalized spacial score (nSPS) is 13.0. The fraction of sp³-hybridized carbons (Fsp3) is 0.833. The fourth-order valence-electron chi connectivity index (χ4n) is 0.680. The molecular formula is C6H14N2O2. The number of carbonyl (C=O) groups is 1. The van der Waals surface area contributed by atoms with Crippen molar-refractivity contribution >= 4 is 5.97 Å². The van der Waals surface area contributed by atoms with Gasteiger partial charge in [-0.2, -0.15) is 0 Å². The lowest BCUT2D eigenvalue weighted by molar-refractivity contribution is -0.139. The third kappa shape index (κ3) is 3.42. The molecular weight excluding hydrogens is 132 g/mol. The lowest BCUT2D eigenvalue weighted by Crippen LogP contribution is -2.36. The van der Waals surface area contributed by atoms with Crippen LogP contribution in [0, 0.1) is 0 Å². The maximum absolute atomic E-state index is 10.3. The van der Waals surface area contributed by atoms with Gasteiger partial charge in [0.1, 0.15) is 6.04 Å². The second-order valence-electron chi connectivity index (χ2n) is 2.07. The molecule has 3 N–H and O–H groups in total. The molecule has 0 aliphatic heterocycles. The number of hydrogen-bond donors (Lipinski definition) is 3. The zero-order valence-electron chi connectivity index (χ0n) is 6.35. The molecule has 1 atom stereocenters. The second-order valence-corrected chi connectivity index (χ2v) is 2.07. The van der Waals surface area contributed by atoms with Gasteiger partial charge in [0.05, 0.1) is 0 Å². The molecule has 0 heterocycles. The molecule has 0 aromatic carbocycles. The number of likely N-dealkylation sites (N-methyl/N-ethyl adjacent to an activating group) is 1. The molecule has 0 saturated heterocycles. The third-order valence-corrected chi connectivity index (χ3v) is 1.33. The van der Waals surface area contributed by atoms with E-state index >= 15 is 0 Å². The molecule has 60 valence electrons. The van der Waals surface area contributed by atoms with Crippen LogP contribution in [0.15, 0.2) is 0 Å². The zero-order chi connectivity index (χ0) is 7.98. The maximum Gasteiger partial charge on any atom is 0.320 e. The van der Waals surface area contributed by atoms with Crippen molar-refractivity contribution in [2.24, 2.45) is 0 Å². The molecule has 10 heavy (non-hydrogen) atoms. The van der Waals surface area contributed by atoms with Crippen molar-refractivity contribution in [1.29, 1.82) is 0 Å². The highest BCUT2D eigenvalue weighted by Gasteiger charge is 2.12. The van der Waals surface area contributed by atoms with Gasteiger partial charge in [-0.05, 0) is 27.1 Å². The van der Waals surface area contributed by atoms with E-state index in [0.717, 1.165) is 6.54 Å². The van der Waals surface area contributed by atoms with Crippen molar-refractivity contribution in [1.82, 2.24) is 10.6 Å². The zero-order valence-corrected chi connectivity index (χ0v) is 6.35. The van der Waals surface area contributed by atoms with Crippen molar-refractivity contribution in [2.75, 3.05) is 20.6 Å². The summed E-state index contributed by atoms with van der Waals surface area (Å²) < 4.78 is 0. The number of aliphatic carboxylic acids is 1. The summed E-state index contributed by atoms with van der Waals surface area (Å²) in [5.74, 6) is -0.794. The van der Waals surface area contributed by atoms with Gasteiger partial charge in [0.15, 0.2) is 0 Å². The summed E-state index contributed by atoms with van der Waals surface area (Å²) in [6, 6.07) is -0.424. The minimum absolute atomic E-state index is 0.424. The average molecular weight is 146 g/mol. The van der Waals surface area contributed by atoms with Gasteiger partial charge in [-0.3, -0.25) is 4.79 Å². The van der Waals surface area contributed by atoms with Crippen LogP contribution in [0.1, 0.15) is 6.42 Å². The van der Waals surface area contributed by atoms with Crippen molar-refractivity contribution in [2.45, 2.75) is 12.5 Å². The van der Waals surface area contributed by atoms with Gasteiger partial charge in [-0.25, -0.2) is 0 Å². The molecule has 4 heteroatoms. The van der Waals surface area contributed by atoms with Gasteiger partial charge in [-0.1, -0.05) is 0 Å². The van der Waals surface area contributed by atoms with Crippen LogP contribution in [0.25, 0.3) is 0 Å². The number of nitrogens with one attached hydrogen (secondary N) is 2. The van der Waals surface area contributed by atoms with Gasteiger partial charge in [0.25, 0.3) is 0 Å². The second kappa shape index (κ2) is 5.20. The van der Waals surface area contributed by atoms with Crippen molar-refractivity contribution < 1.29 is 9.90 Å². The van der Waals surface area contributed by atoms with Crippen LogP contribution in [0.2, 0.25) is 0 Å². The topological polar surface area (TPSA) is 61.4 Å². The molecule has 0 aromatic heterocycles. The Hall–Kier alpha value is -0.610. The molecule has 0 aliphatic carbocycles. The first-order chi connectivity index (χ1) is 4.72. The Labute approximate surface area is 60.6 Å². The first-order valence-electron chi connectivity index (χ1n) is 3.27. The summed E-state index contributed by atoms with van der Waals surface area (Å²) in [5.41, 5.74) is 0. The molecule has 0 aromatic rings. The van der Waals surface area contributed by atoms with E-state index in [4.69, 9.17) is 5.11 Å². The first-order valence-corrected chi connectivity index (χ1v) is 3.27. The lowest BCUT2D eigenvalue weighted by atomic mass is 10.2. The van der Waals surface area contributed by atoms with E-state index in [2.05, 4.69) is 10.6 Å². The van der Waals surface area contributed by atoms with Crippen molar-refractivity contribution in [3.05, 3.63) is 0 Å². The highest BCUT2D eigenvalue weighted by atomic mass is 16.4. The smallest absolute Gasteiger partial charge is 0.320 e. The Morgan fingerprint density at radius 3 is 2.50 bits per heavy atom. The molecule has 0 unspecified atom stereocenters. The summed E-state index contributed by atoms with van der Waals surface area (Å²) in [7, 11) is 3.45. The van der Waals surface area contributed by atoms with Crippen LogP contribution in [0.4, 0.5) is 0 Å². The Morgan fingerprint density at radius 1 is 1.60 bits per heavy atom. The van der Waals surface area contributed by atoms with Gasteiger partial charge in [-0.15, -0.1) is 0 Å². The Morgan fingerprint density at radius 2 is 2.20 bits per heavy atom. The summed E-state index contributed by atoms with van der Waals surface area (Å²) >= 11 is 0. The molecule has 0 fully saturated rings. The summed E-state index contributed by atoms with van der Waals surface area (Å²) in [5, 5.41) is 14.1. The number of rotatable bonds is 5. The van der Waals surface area contributed by atoms with E-state index in [1.165, 1.54) is 0 Å². The van der Waals surface area contributed by atoms with Crippen LogP contribution < -0.4 is 10.6 Å². The van der Waals surface area contributed by atoms with E-state index in [-0.39, 0.29) is 0 Å². The van der Waals surface area contributed by atoms with Crippen LogP contribution in [-0.2, 0) is 4.79 Å². The number of carboxylic acids is 1. The molecule has 4 nitrogen and oxygen atoms in total. The largest absolute Gasteiger partial charge is 0.480 e. The molecule has 0 amide bonds. The summed E-state index contributed by atoms with van der Waals surface area (Å²) in [4.78, 5) is 10.3. The van der Waals surface area contributed by atoms with E-state index in [0.29, 0.717) is 6.42 Å². The fourth-order valence-corrected chi connectivity index (χ4v) is 0.680. The van der Waals surface area contributed by atoms with Crippen LogP contribution in [-0.4, -0.2) is 37.8 Å². The van der Waals surface area contributed by atoms with Gasteiger partial charge < -0.3 is 15.7 Å². The molecule has 0 aliphatic rings. The van der Waals surface area contributed by atoms with E-state index in [9.17, 15) is 4.79 Å². The third-order valence-electron chi connectivity index (χ3n) is 1.33. The monoisotopic (exact) mass is 146 g/mol. The maximum atomic E-state index is 10.3. The first kappa shape index (κ1) is 9.39.